The Balaban J connectivity index is 1.50. The number of nitro groups is 1. The summed E-state index contributed by atoms with van der Waals surface area (Å²) in [5.74, 6) is -0.351. The molecule has 0 radical (unpaired) electrons. The molecule has 1 heterocycles. The molecule has 0 aromatic heterocycles. The van der Waals surface area contributed by atoms with E-state index >= 15 is 0 Å². The van der Waals surface area contributed by atoms with Gasteiger partial charge >= 0.3 is 0 Å². The molecule has 0 saturated carbocycles. The molecule has 0 saturated heterocycles. The van der Waals surface area contributed by atoms with Crippen LogP contribution in [0.4, 0.5) is 11.4 Å². The van der Waals surface area contributed by atoms with Crippen LogP contribution in [0.5, 0.6) is 0 Å². The number of carbonyl (C=O) groups excluding carboxylic acids is 1. The Morgan fingerprint density at radius 1 is 1.08 bits per heavy atom. The van der Waals surface area contributed by atoms with Crippen molar-refractivity contribution in [3.05, 3.63) is 98.1 Å². The quantitative estimate of drug-likeness (QED) is 0.134. The van der Waals surface area contributed by atoms with Crippen molar-refractivity contribution >= 4 is 39.0 Å². The molecule has 9 nitrogen and oxygen atoms in total. The number of carbonyl (C=O) groups is 1. The highest BCUT2D eigenvalue weighted by Crippen LogP contribution is 2.34. The van der Waals surface area contributed by atoms with Crippen molar-refractivity contribution in [3.8, 4) is 0 Å². The lowest BCUT2D eigenvalue weighted by molar-refractivity contribution is -0.384. The van der Waals surface area contributed by atoms with Crippen LogP contribution in [0.15, 0.2) is 65.6 Å². The summed E-state index contributed by atoms with van der Waals surface area (Å²) >= 11 is 6.23. The SMILES string of the molecule is Cc1ccc(S(=O)(=O)OCCCOC2CCCc3cc(Cl)ccc3N2C(=O)c2ccc([N+](=O)[O-])cc2C)cc1. The van der Waals surface area contributed by atoms with Crippen LogP contribution in [0, 0.1) is 24.0 Å². The van der Waals surface area contributed by atoms with E-state index in [2.05, 4.69) is 0 Å². The average molecular weight is 573 g/mol. The van der Waals surface area contributed by atoms with Crippen molar-refractivity contribution < 1.29 is 27.1 Å². The van der Waals surface area contributed by atoms with E-state index in [1.165, 1.54) is 30.3 Å². The number of benzene rings is 3. The summed E-state index contributed by atoms with van der Waals surface area (Å²) in [6.45, 7) is 3.60. The fourth-order valence-electron chi connectivity index (χ4n) is 4.49. The van der Waals surface area contributed by atoms with Crippen LogP contribution in [-0.2, 0) is 25.5 Å². The van der Waals surface area contributed by atoms with E-state index in [1.807, 2.05) is 13.0 Å². The molecule has 0 N–H and O–H groups in total. The average Bonchev–Trinajstić information content (AvgIpc) is 3.07. The van der Waals surface area contributed by atoms with Gasteiger partial charge in [0.1, 0.15) is 6.23 Å². The topological polar surface area (TPSA) is 116 Å². The maximum atomic E-state index is 13.9. The van der Waals surface area contributed by atoms with Crippen molar-refractivity contribution in [2.45, 2.75) is 50.7 Å². The predicted molar refractivity (Wildman–Crippen MR) is 148 cm³/mol. The minimum atomic E-state index is -3.89. The highest BCUT2D eigenvalue weighted by atomic mass is 35.5. The molecule has 206 valence electrons. The number of fused-ring (bicyclic) bond motifs is 1. The van der Waals surface area contributed by atoms with Crippen molar-refractivity contribution in [1.29, 1.82) is 0 Å². The Morgan fingerprint density at radius 2 is 1.82 bits per heavy atom. The summed E-state index contributed by atoms with van der Waals surface area (Å²) in [6.07, 6.45) is 1.61. The minimum Gasteiger partial charge on any atom is -0.358 e. The molecule has 1 atom stereocenters. The number of hydrogen-bond acceptors (Lipinski definition) is 7. The number of halogens is 1. The van der Waals surface area contributed by atoms with Gasteiger partial charge in [0.05, 0.1) is 23.0 Å². The molecule has 1 unspecified atom stereocenters. The second kappa shape index (κ2) is 12.3. The Kier molecular flexibility index (Phi) is 9.01. The third-order valence-corrected chi connectivity index (χ3v) is 8.06. The minimum absolute atomic E-state index is 0.0788. The Labute approximate surface area is 232 Å². The van der Waals surface area contributed by atoms with Crippen LogP contribution < -0.4 is 4.90 Å². The van der Waals surface area contributed by atoms with Gasteiger partial charge in [-0.25, -0.2) is 0 Å². The van der Waals surface area contributed by atoms with E-state index in [0.717, 1.165) is 17.5 Å². The van der Waals surface area contributed by atoms with Gasteiger partial charge in [0, 0.05) is 28.4 Å². The molecular formula is C28H29ClN2O7S. The number of nitro benzene ring substituents is 1. The van der Waals surface area contributed by atoms with Crippen LogP contribution in [-0.4, -0.2) is 38.7 Å². The summed E-state index contributed by atoms with van der Waals surface area (Å²) < 4.78 is 36.2. The van der Waals surface area contributed by atoms with Gasteiger partial charge in [-0.1, -0.05) is 29.3 Å². The fourth-order valence-corrected chi connectivity index (χ4v) is 5.63. The van der Waals surface area contributed by atoms with E-state index in [0.29, 0.717) is 34.7 Å². The Morgan fingerprint density at radius 3 is 2.51 bits per heavy atom. The maximum absolute atomic E-state index is 13.9. The lowest BCUT2D eigenvalue weighted by atomic mass is 10.0. The number of aryl methyl sites for hydroxylation is 3. The first-order valence-corrected chi connectivity index (χ1v) is 14.3. The summed E-state index contributed by atoms with van der Waals surface area (Å²) in [7, 11) is -3.89. The number of ether oxygens (including phenoxy) is 1. The van der Waals surface area contributed by atoms with E-state index < -0.39 is 21.3 Å². The van der Waals surface area contributed by atoms with Gasteiger partial charge in [-0.05, 0) is 87.1 Å². The van der Waals surface area contributed by atoms with Crippen molar-refractivity contribution in [2.75, 3.05) is 18.1 Å². The Bertz CT molecular complexity index is 1480. The first kappa shape index (κ1) is 28.7. The Hall–Kier alpha value is -3.31. The van der Waals surface area contributed by atoms with Crippen LogP contribution in [0.3, 0.4) is 0 Å². The molecule has 1 aliphatic rings. The van der Waals surface area contributed by atoms with E-state index in [-0.39, 0.29) is 36.1 Å². The highest BCUT2D eigenvalue weighted by Gasteiger charge is 2.32. The van der Waals surface area contributed by atoms with Gasteiger partial charge in [-0.2, -0.15) is 8.42 Å². The zero-order valence-corrected chi connectivity index (χ0v) is 23.2. The van der Waals surface area contributed by atoms with Crippen LogP contribution in [0.1, 0.15) is 46.3 Å². The molecule has 1 amide bonds. The summed E-state index contributed by atoms with van der Waals surface area (Å²) in [4.78, 5) is 26.2. The largest absolute Gasteiger partial charge is 0.358 e. The molecule has 1 aliphatic heterocycles. The van der Waals surface area contributed by atoms with Gasteiger partial charge < -0.3 is 4.74 Å². The third kappa shape index (κ3) is 6.83. The number of rotatable bonds is 9. The number of amides is 1. The zero-order chi connectivity index (χ0) is 28.2. The third-order valence-electron chi connectivity index (χ3n) is 6.50. The molecule has 0 bridgehead atoms. The number of non-ortho nitro benzene ring substituents is 1. The fraction of sp³-hybridized carbons (Fsp3) is 0.321. The summed E-state index contributed by atoms with van der Waals surface area (Å²) in [6, 6.07) is 15.8. The monoisotopic (exact) mass is 572 g/mol. The number of anilines is 1. The smallest absolute Gasteiger partial charge is 0.296 e. The molecular weight excluding hydrogens is 544 g/mol. The van der Waals surface area contributed by atoms with Crippen molar-refractivity contribution in [2.24, 2.45) is 0 Å². The number of nitrogens with zero attached hydrogens (tertiary/aromatic N) is 2. The highest BCUT2D eigenvalue weighted by molar-refractivity contribution is 7.86. The van der Waals surface area contributed by atoms with Crippen molar-refractivity contribution in [1.82, 2.24) is 0 Å². The molecule has 39 heavy (non-hydrogen) atoms. The second-order valence-electron chi connectivity index (χ2n) is 9.36. The normalized spacial score (nSPS) is 15.5. The first-order valence-electron chi connectivity index (χ1n) is 12.5. The van der Waals surface area contributed by atoms with E-state index in [1.54, 1.807) is 36.1 Å². The number of hydrogen-bond donors (Lipinski definition) is 0. The molecule has 0 aliphatic carbocycles. The maximum Gasteiger partial charge on any atom is 0.296 e. The van der Waals surface area contributed by atoms with Crippen LogP contribution >= 0.6 is 11.6 Å². The predicted octanol–water partition coefficient (Wildman–Crippen LogP) is 5.99. The molecule has 0 spiro atoms. The van der Waals surface area contributed by atoms with Gasteiger partial charge in [0.25, 0.3) is 21.7 Å². The summed E-state index contributed by atoms with van der Waals surface area (Å²) in [5, 5.41) is 11.7. The molecule has 3 aromatic rings. The lowest BCUT2D eigenvalue weighted by Gasteiger charge is -2.31. The van der Waals surface area contributed by atoms with Gasteiger partial charge in [0.2, 0.25) is 0 Å². The molecule has 11 heteroatoms. The van der Waals surface area contributed by atoms with Crippen LogP contribution in [0.25, 0.3) is 0 Å². The van der Waals surface area contributed by atoms with E-state index in [9.17, 15) is 23.3 Å². The second-order valence-corrected chi connectivity index (χ2v) is 11.4. The lowest BCUT2D eigenvalue weighted by Crippen LogP contribution is -2.42. The molecule has 4 rings (SSSR count). The van der Waals surface area contributed by atoms with Crippen molar-refractivity contribution in [3.63, 3.8) is 0 Å². The molecule has 3 aromatic carbocycles. The van der Waals surface area contributed by atoms with Gasteiger partial charge in [0.15, 0.2) is 0 Å². The van der Waals surface area contributed by atoms with Crippen LogP contribution in [0.2, 0.25) is 5.02 Å². The van der Waals surface area contributed by atoms with Gasteiger partial charge in [-0.3, -0.25) is 24.0 Å². The standard InChI is InChI=1S/C28H29ClN2O7S/c1-19-7-11-24(12-8-19)39(35,36)38-16-4-15-37-27-6-3-5-21-18-22(29)9-14-26(21)30(27)28(32)25-13-10-23(31(33)34)17-20(25)2/h7-14,17-18,27H,3-6,15-16H2,1-2H3. The summed E-state index contributed by atoms with van der Waals surface area (Å²) in [5.41, 5.74) is 3.20. The first-order chi connectivity index (χ1) is 18.6. The molecule has 0 fully saturated rings. The van der Waals surface area contributed by atoms with Gasteiger partial charge in [-0.15, -0.1) is 0 Å². The zero-order valence-electron chi connectivity index (χ0n) is 21.6. The van der Waals surface area contributed by atoms with E-state index in [4.69, 9.17) is 20.5 Å².